The number of amides is 1. The van der Waals surface area contributed by atoms with E-state index in [0.717, 1.165) is 16.8 Å². The zero-order valence-electron chi connectivity index (χ0n) is 11.4. The third kappa shape index (κ3) is 4.30. The van der Waals surface area contributed by atoms with Gasteiger partial charge in [-0.1, -0.05) is 41.6 Å². The Morgan fingerprint density at radius 3 is 2.89 bits per heavy atom. The van der Waals surface area contributed by atoms with Crippen LogP contribution in [-0.4, -0.2) is 17.9 Å². The van der Waals surface area contributed by atoms with Crippen LogP contribution in [0.25, 0.3) is 0 Å². The molecule has 1 heterocycles. The molecule has 0 spiro atoms. The molecule has 0 aliphatic heterocycles. The molecular formula is C15H21BrN2O. The molecule has 1 fully saturated rings. The van der Waals surface area contributed by atoms with Crippen LogP contribution in [0.2, 0.25) is 0 Å². The molecule has 19 heavy (non-hydrogen) atoms. The van der Waals surface area contributed by atoms with Gasteiger partial charge < -0.3 is 0 Å². The van der Waals surface area contributed by atoms with Gasteiger partial charge in [0, 0.05) is 24.1 Å². The summed E-state index contributed by atoms with van der Waals surface area (Å²) in [4.78, 5) is 18.0. The van der Waals surface area contributed by atoms with Crippen molar-refractivity contribution < 1.29 is 4.79 Å². The summed E-state index contributed by atoms with van der Waals surface area (Å²) in [5.41, 5.74) is 0. The van der Waals surface area contributed by atoms with Gasteiger partial charge in [-0.15, -0.1) is 0 Å². The summed E-state index contributed by atoms with van der Waals surface area (Å²) in [6.07, 6.45) is 10.0. The van der Waals surface area contributed by atoms with E-state index in [1.165, 1.54) is 32.1 Å². The van der Waals surface area contributed by atoms with E-state index in [4.69, 9.17) is 0 Å². The van der Waals surface area contributed by atoms with Crippen LogP contribution in [0.5, 0.6) is 0 Å². The number of hydrogen-bond donors (Lipinski definition) is 0. The predicted octanol–water partition coefficient (Wildman–Crippen LogP) is 4.17. The molecule has 0 saturated heterocycles. The minimum atomic E-state index is 0.156. The zero-order valence-corrected chi connectivity index (χ0v) is 13.0. The van der Waals surface area contributed by atoms with Crippen molar-refractivity contribution in [2.45, 2.75) is 44.9 Å². The summed E-state index contributed by atoms with van der Waals surface area (Å²) in [5.74, 6) is 1.73. The number of carbonyl (C=O) groups excluding carboxylic acids is 1. The maximum absolute atomic E-state index is 12.1. The second kappa shape index (κ2) is 7.04. The van der Waals surface area contributed by atoms with Crippen molar-refractivity contribution in [3.63, 3.8) is 0 Å². The van der Waals surface area contributed by atoms with E-state index in [0.29, 0.717) is 12.2 Å². The Bertz CT molecular complexity index is 430. The van der Waals surface area contributed by atoms with Gasteiger partial charge in [0.1, 0.15) is 5.82 Å². The SMILES string of the molecule is CN(C(=O)CCCC1CCCC1)c1cc(Br)ccn1. The van der Waals surface area contributed by atoms with Gasteiger partial charge in [0.15, 0.2) is 0 Å². The third-order valence-electron chi connectivity index (χ3n) is 3.90. The highest BCUT2D eigenvalue weighted by atomic mass is 79.9. The van der Waals surface area contributed by atoms with Crippen molar-refractivity contribution in [1.29, 1.82) is 0 Å². The molecule has 1 aliphatic carbocycles. The lowest BCUT2D eigenvalue weighted by atomic mass is 10.0. The van der Waals surface area contributed by atoms with Crippen molar-refractivity contribution in [3.8, 4) is 0 Å². The molecule has 104 valence electrons. The number of anilines is 1. The molecule has 2 rings (SSSR count). The summed E-state index contributed by atoms with van der Waals surface area (Å²) < 4.78 is 0.947. The molecule has 1 aromatic heterocycles. The molecule has 0 bridgehead atoms. The highest BCUT2D eigenvalue weighted by molar-refractivity contribution is 9.10. The first-order valence-electron chi connectivity index (χ1n) is 7.05. The first-order valence-corrected chi connectivity index (χ1v) is 7.84. The number of carbonyl (C=O) groups is 1. The second-order valence-electron chi connectivity index (χ2n) is 5.33. The highest BCUT2D eigenvalue weighted by Crippen LogP contribution is 2.29. The van der Waals surface area contributed by atoms with Gasteiger partial charge in [0.2, 0.25) is 5.91 Å². The number of aromatic nitrogens is 1. The van der Waals surface area contributed by atoms with E-state index < -0.39 is 0 Å². The van der Waals surface area contributed by atoms with Gasteiger partial charge in [0.25, 0.3) is 0 Å². The molecule has 0 N–H and O–H groups in total. The monoisotopic (exact) mass is 324 g/mol. The molecule has 0 radical (unpaired) electrons. The van der Waals surface area contributed by atoms with Crippen molar-refractivity contribution in [3.05, 3.63) is 22.8 Å². The number of pyridine rings is 1. The molecule has 3 nitrogen and oxygen atoms in total. The van der Waals surface area contributed by atoms with Crippen LogP contribution >= 0.6 is 15.9 Å². The maximum Gasteiger partial charge on any atom is 0.227 e. The standard InChI is InChI=1S/C15H21BrN2O/c1-18(14-11-13(16)9-10-17-14)15(19)8-4-7-12-5-2-3-6-12/h9-12H,2-8H2,1H3. The first kappa shape index (κ1) is 14.5. The van der Waals surface area contributed by atoms with E-state index in [1.54, 1.807) is 18.1 Å². The predicted molar refractivity (Wildman–Crippen MR) is 81.2 cm³/mol. The van der Waals surface area contributed by atoms with Crippen LogP contribution in [-0.2, 0) is 4.79 Å². The Morgan fingerprint density at radius 1 is 1.47 bits per heavy atom. The number of hydrogen-bond acceptors (Lipinski definition) is 2. The lowest BCUT2D eigenvalue weighted by Crippen LogP contribution is -2.26. The van der Waals surface area contributed by atoms with Gasteiger partial charge in [0.05, 0.1) is 0 Å². The van der Waals surface area contributed by atoms with Gasteiger partial charge in [-0.2, -0.15) is 0 Å². The topological polar surface area (TPSA) is 33.2 Å². The van der Waals surface area contributed by atoms with Crippen LogP contribution in [0.1, 0.15) is 44.9 Å². The van der Waals surface area contributed by atoms with Crippen LogP contribution < -0.4 is 4.90 Å². The van der Waals surface area contributed by atoms with E-state index in [1.807, 2.05) is 12.1 Å². The van der Waals surface area contributed by atoms with Crippen molar-refractivity contribution in [1.82, 2.24) is 4.98 Å². The molecule has 1 saturated carbocycles. The van der Waals surface area contributed by atoms with E-state index in [9.17, 15) is 4.79 Å². The molecule has 0 unspecified atom stereocenters. The smallest absolute Gasteiger partial charge is 0.227 e. The summed E-state index contributed by atoms with van der Waals surface area (Å²) >= 11 is 3.40. The third-order valence-corrected chi connectivity index (χ3v) is 4.40. The molecule has 0 aromatic carbocycles. The summed E-state index contributed by atoms with van der Waals surface area (Å²) in [5, 5.41) is 0. The van der Waals surface area contributed by atoms with E-state index in [2.05, 4.69) is 20.9 Å². The quantitative estimate of drug-likeness (QED) is 0.814. The van der Waals surface area contributed by atoms with Crippen LogP contribution in [0.15, 0.2) is 22.8 Å². The average Bonchev–Trinajstić information content (AvgIpc) is 2.91. The lowest BCUT2D eigenvalue weighted by molar-refractivity contribution is -0.118. The largest absolute Gasteiger partial charge is 0.300 e. The Morgan fingerprint density at radius 2 is 2.21 bits per heavy atom. The molecule has 1 amide bonds. The van der Waals surface area contributed by atoms with Crippen LogP contribution in [0.3, 0.4) is 0 Å². The van der Waals surface area contributed by atoms with Crippen molar-refractivity contribution in [2.24, 2.45) is 5.92 Å². The Kier molecular flexibility index (Phi) is 5.37. The fourth-order valence-corrected chi connectivity index (χ4v) is 3.04. The Labute approximate surface area is 123 Å². The lowest BCUT2D eigenvalue weighted by Gasteiger charge is -2.17. The Balaban J connectivity index is 1.78. The van der Waals surface area contributed by atoms with Gasteiger partial charge in [-0.05, 0) is 30.9 Å². The molecular weight excluding hydrogens is 304 g/mol. The zero-order chi connectivity index (χ0) is 13.7. The Hall–Kier alpha value is -0.900. The fourth-order valence-electron chi connectivity index (χ4n) is 2.71. The minimum Gasteiger partial charge on any atom is -0.300 e. The molecule has 1 aromatic rings. The number of halogens is 1. The van der Waals surface area contributed by atoms with Gasteiger partial charge in [-0.25, -0.2) is 4.98 Å². The maximum atomic E-state index is 12.1. The van der Waals surface area contributed by atoms with Crippen molar-refractivity contribution in [2.75, 3.05) is 11.9 Å². The second-order valence-corrected chi connectivity index (χ2v) is 6.24. The molecule has 4 heteroatoms. The first-order chi connectivity index (χ1) is 9.16. The molecule has 1 aliphatic rings. The van der Waals surface area contributed by atoms with E-state index in [-0.39, 0.29) is 5.91 Å². The summed E-state index contributed by atoms with van der Waals surface area (Å²) in [7, 11) is 1.80. The number of rotatable bonds is 5. The van der Waals surface area contributed by atoms with Gasteiger partial charge >= 0.3 is 0 Å². The minimum absolute atomic E-state index is 0.156. The van der Waals surface area contributed by atoms with Crippen molar-refractivity contribution >= 4 is 27.7 Å². The fraction of sp³-hybridized carbons (Fsp3) is 0.600. The normalized spacial score (nSPS) is 15.7. The van der Waals surface area contributed by atoms with E-state index >= 15 is 0 Å². The highest BCUT2D eigenvalue weighted by Gasteiger charge is 2.16. The number of nitrogens with zero attached hydrogens (tertiary/aromatic N) is 2. The summed E-state index contributed by atoms with van der Waals surface area (Å²) in [6, 6.07) is 3.73. The van der Waals surface area contributed by atoms with Crippen LogP contribution in [0, 0.1) is 5.92 Å². The van der Waals surface area contributed by atoms with Gasteiger partial charge in [-0.3, -0.25) is 9.69 Å². The molecule has 0 atom stereocenters. The average molecular weight is 325 g/mol. The summed E-state index contributed by atoms with van der Waals surface area (Å²) in [6.45, 7) is 0. The van der Waals surface area contributed by atoms with Crippen LogP contribution in [0.4, 0.5) is 5.82 Å².